The van der Waals surface area contributed by atoms with Gasteiger partial charge in [-0.1, -0.05) is 37.3 Å². The number of amides is 3. The molecular formula is C21H31N3O3. The van der Waals surface area contributed by atoms with Crippen molar-refractivity contribution in [3.05, 3.63) is 35.9 Å². The minimum absolute atomic E-state index is 0.00825. The average molecular weight is 373 g/mol. The van der Waals surface area contributed by atoms with Gasteiger partial charge in [-0.25, -0.2) is 4.79 Å². The molecule has 0 spiro atoms. The van der Waals surface area contributed by atoms with Gasteiger partial charge in [-0.15, -0.1) is 0 Å². The minimum atomic E-state index is -0.134. The lowest BCUT2D eigenvalue weighted by atomic mass is 9.92. The van der Waals surface area contributed by atoms with E-state index in [4.69, 9.17) is 4.74 Å². The van der Waals surface area contributed by atoms with Crippen LogP contribution in [0.5, 0.6) is 0 Å². The molecule has 6 nitrogen and oxygen atoms in total. The van der Waals surface area contributed by atoms with Gasteiger partial charge in [0.2, 0.25) is 0 Å². The van der Waals surface area contributed by atoms with Crippen LogP contribution in [-0.2, 0) is 16.1 Å². The Kier molecular flexibility index (Phi) is 6.85. The molecule has 148 valence electrons. The molecule has 2 saturated heterocycles. The molecule has 1 aromatic rings. The van der Waals surface area contributed by atoms with E-state index in [0.29, 0.717) is 6.54 Å². The summed E-state index contributed by atoms with van der Waals surface area (Å²) in [7, 11) is 0. The number of imide groups is 1. The fourth-order valence-corrected chi connectivity index (χ4v) is 4.16. The second-order valence-electron chi connectivity index (χ2n) is 7.57. The van der Waals surface area contributed by atoms with Gasteiger partial charge in [-0.05, 0) is 31.2 Å². The summed E-state index contributed by atoms with van der Waals surface area (Å²) in [6, 6.07) is 9.72. The van der Waals surface area contributed by atoms with E-state index >= 15 is 0 Å². The van der Waals surface area contributed by atoms with Gasteiger partial charge in [-0.2, -0.15) is 0 Å². The van der Waals surface area contributed by atoms with Crippen molar-refractivity contribution in [3.8, 4) is 0 Å². The zero-order chi connectivity index (χ0) is 19.2. The first-order valence-corrected chi connectivity index (χ1v) is 10.0. The van der Waals surface area contributed by atoms with E-state index in [2.05, 4.69) is 11.8 Å². The Morgan fingerprint density at radius 1 is 1.19 bits per heavy atom. The number of ether oxygens (including phenoxy) is 1. The molecule has 3 rings (SSSR count). The van der Waals surface area contributed by atoms with E-state index in [-0.39, 0.29) is 30.4 Å². The number of benzene rings is 1. The number of urea groups is 1. The molecule has 2 aliphatic rings. The monoisotopic (exact) mass is 373 g/mol. The molecule has 0 bridgehead atoms. The lowest BCUT2D eigenvalue weighted by molar-refractivity contribution is -0.128. The number of likely N-dealkylation sites (tertiary alicyclic amines) is 1. The lowest BCUT2D eigenvalue weighted by Crippen LogP contribution is -2.52. The molecule has 0 saturated carbocycles. The van der Waals surface area contributed by atoms with Gasteiger partial charge >= 0.3 is 6.03 Å². The largest absolute Gasteiger partial charge is 0.382 e. The molecule has 6 heteroatoms. The fraction of sp³-hybridized carbons (Fsp3) is 0.619. The molecule has 3 amide bonds. The Hall–Kier alpha value is -1.92. The summed E-state index contributed by atoms with van der Waals surface area (Å²) in [6.45, 7) is 9.27. The zero-order valence-electron chi connectivity index (χ0n) is 16.5. The van der Waals surface area contributed by atoms with Gasteiger partial charge in [0, 0.05) is 45.4 Å². The summed E-state index contributed by atoms with van der Waals surface area (Å²) in [4.78, 5) is 31.1. The molecule has 2 aliphatic heterocycles. The van der Waals surface area contributed by atoms with Gasteiger partial charge in [-0.3, -0.25) is 9.69 Å². The van der Waals surface area contributed by atoms with Gasteiger partial charge in [0.05, 0.1) is 0 Å². The third kappa shape index (κ3) is 4.87. The number of nitrogens with zero attached hydrogens (tertiary/aromatic N) is 3. The Morgan fingerprint density at radius 3 is 2.67 bits per heavy atom. The molecule has 2 fully saturated rings. The molecule has 2 atom stereocenters. The Morgan fingerprint density at radius 2 is 1.96 bits per heavy atom. The summed E-state index contributed by atoms with van der Waals surface area (Å²) >= 11 is 0. The molecule has 2 heterocycles. The van der Waals surface area contributed by atoms with E-state index in [1.807, 2.05) is 37.3 Å². The predicted octanol–water partition coefficient (Wildman–Crippen LogP) is 2.59. The maximum Gasteiger partial charge on any atom is 0.327 e. The Balaban J connectivity index is 1.55. The summed E-state index contributed by atoms with van der Waals surface area (Å²) < 4.78 is 5.41. The molecule has 0 unspecified atom stereocenters. The number of rotatable bonds is 8. The average Bonchev–Trinajstić information content (AvgIpc) is 2.93. The topological polar surface area (TPSA) is 53.1 Å². The SMILES string of the molecule is CCOCCCN1CC[C@H](N2C(=O)CN(Cc3ccccc3)C2=O)[C@H](C)C1. The first kappa shape index (κ1) is 19.8. The van der Waals surface area contributed by atoms with E-state index in [0.717, 1.165) is 51.3 Å². The van der Waals surface area contributed by atoms with Crippen LogP contribution in [-0.4, -0.2) is 72.1 Å². The Bertz CT molecular complexity index is 637. The smallest absolute Gasteiger partial charge is 0.327 e. The number of carbonyl (C=O) groups excluding carboxylic acids is 2. The van der Waals surface area contributed by atoms with Crippen LogP contribution in [0.4, 0.5) is 4.79 Å². The predicted molar refractivity (Wildman–Crippen MR) is 104 cm³/mol. The summed E-state index contributed by atoms with van der Waals surface area (Å²) in [5.74, 6) is 0.230. The molecule has 0 aromatic heterocycles. The highest BCUT2D eigenvalue weighted by Gasteiger charge is 2.43. The van der Waals surface area contributed by atoms with Crippen molar-refractivity contribution in [1.82, 2.24) is 14.7 Å². The number of hydrogen-bond acceptors (Lipinski definition) is 4. The zero-order valence-corrected chi connectivity index (χ0v) is 16.5. The van der Waals surface area contributed by atoms with E-state index in [1.165, 1.54) is 4.90 Å². The van der Waals surface area contributed by atoms with Crippen LogP contribution in [0.25, 0.3) is 0 Å². The first-order valence-electron chi connectivity index (χ1n) is 10.0. The van der Waals surface area contributed by atoms with Crippen LogP contribution in [0.2, 0.25) is 0 Å². The highest BCUT2D eigenvalue weighted by atomic mass is 16.5. The second kappa shape index (κ2) is 9.33. The van der Waals surface area contributed by atoms with E-state index in [9.17, 15) is 9.59 Å². The van der Waals surface area contributed by atoms with Crippen LogP contribution >= 0.6 is 0 Å². The maximum absolute atomic E-state index is 12.9. The van der Waals surface area contributed by atoms with Crippen molar-refractivity contribution in [2.75, 3.05) is 39.4 Å². The third-order valence-electron chi connectivity index (χ3n) is 5.53. The van der Waals surface area contributed by atoms with E-state index in [1.54, 1.807) is 4.90 Å². The van der Waals surface area contributed by atoms with Crippen molar-refractivity contribution in [3.63, 3.8) is 0 Å². The van der Waals surface area contributed by atoms with Gasteiger partial charge in [0.25, 0.3) is 5.91 Å². The van der Waals surface area contributed by atoms with Gasteiger partial charge in [0.15, 0.2) is 0 Å². The second-order valence-corrected chi connectivity index (χ2v) is 7.57. The van der Waals surface area contributed by atoms with Gasteiger partial charge < -0.3 is 14.5 Å². The maximum atomic E-state index is 12.9. The lowest BCUT2D eigenvalue weighted by Gasteiger charge is -2.40. The molecule has 1 aromatic carbocycles. The molecule has 0 aliphatic carbocycles. The minimum Gasteiger partial charge on any atom is -0.382 e. The van der Waals surface area contributed by atoms with Crippen molar-refractivity contribution in [2.45, 2.75) is 39.3 Å². The van der Waals surface area contributed by atoms with Crippen LogP contribution in [0, 0.1) is 5.92 Å². The summed E-state index contributed by atoms with van der Waals surface area (Å²) in [5.41, 5.74) is 1.05. The molecular weight excluding hydrogens is 342 g/mol. The van der Waals surface area contributed by atoms with Crippen LogP contribution in [0.3, 0.4) is 0 Å². The Labute approximate surface area is 162 Å². The highest BCUT2D eigenvalue weighted by molar-refractivity contribution is 6.02. The van der Waals surface area contributed by atoms with E-state index < -0.39 is 0 Å². The molecule has 0 N–H and O–H groups in total. The van der Waals surface area contributed by atoms with Crippen molar-refractivity contribution >= 4 is 11.9 Å². The molecule has 27 heavy (non-hydrogen) atoms. The molecule has 0 radical (unpaired) electrons. The quantitative estimate of drug-likeness (QED) is 0.519. The van der Waals surface area contributed by atoms with Crippen molar-refractivity contribution in [2.24, 2.45) is 5.92 Å². The third-order valence-corrected chi connectivity index (χ3v) is 5.53. The number of carbonyl (C=O) groups is 2. The summed E-state index contributed by atoms with van der Waals surface area (Å²) in [6.07, 6.45) is 1.88. The standard InChI is InChI=1S/C21H31N3O3/c1-3-27-13-7-11-22-12-10-19(17(2)14-22)24-20(25)16-23(21(24)26)15-18-8-5-4-6-9-18/h4-6,8-9,17,19H,3,7,10-16H2,1-2H3/t17-,19+/m1/s1. The van der Waals surface area contributed by atoms with Crippen molar-refractivity contribution < 1.29 is 14.3 Å². The van der Waals surface area contributed by atoms with Crippen LogP contribution in [0.1, 0.15) is 32.3 Å². The number of piperidine rings is 1. The van der Waals surface area contributed by atoms with Gasteiger partial charge in [0.1, 0.15) is 6.54 Å². The van der Waals surface area contributed by atoms with Crippen molar-refractivity contribution in [1.29, 1.82) is 0 Å². The van der Waals surface area contributed by atoms with Crippen LogP contribution in [0.15, 0.2) is 30.3 Å². The fourth-order valence-electron chi connectivity index (χ4n) is 4.16. The highest BCUT2D eigenvalue weighted by Crippen LogP contribution is 2.27. The first-order chi connectivity index (χ1) is 13.1. The normalized spacial score (nSPS) is 24.1. The summed E-state index contributed by atoms with van der Waals surface area (Å²) in [5, 5.41) is 0. The number of hydrogen-bond donors (Lipinski definition) is 0. The van der Waals surface area contributed by atoms with Crippen LogP contribution < -0.4 is 0 Å².